The lowest BCUT2D eigenvalue weighted by Crippen LogP contribution is -1.97. The number of hydrogen-bond acceptors (Lipinski definition) is 1. The van der Waals surface area contributed by atoms with Crippen molar-refractivity contribution in [3.05, 3.63) is 35.1 Å². The second-order valence-electron chi connectivity index (χ2n) is 1.98. The third kappa shape index (κ3) is 1.35. The Morgan fingerprint density at radius 2 is 1.64 bits per heavy atom. The van der Waals surface area contributed by atoms with Crippen molar-refractivity contribution < 1.29 is 18.3 Å². The summed E-state index contributed by atoms with van der Waals surface area (Å²) in [4.78, 5) is 0. The van der Waals surface area contributed by atoms with Gasteiger partial charge in [-0.2, -0.15) is 0 Å². The van der Waals surface area contributed by atoms with E-state index in [0.29, 0.717) is 6.07 Å². The molecule has 0 aliphatic carbocycles. The summed E-state index contributed by atoms with van der Waals surface area (Å²) < 4.78 is 37.2. The van der Waals surface area contributed by atoms with E-state index < -0.39 is 29.6 Å². The maximum atomic E-state index is 12.5. The van der Waals surface area contributed by atoms with E-state index in [-0.39, 0.29) is 0 Å². The predicted molar refractivity (Wildman–Crippen MR) is 32.2 cm³/mol. The third-order valence-corrected chi connectivity index (χ3v) is 1.30. The molecule has 0 bridgehead atoms. The van der Waals surface area contributed by atoms with E-state index in [9.17, 15) is 13.2 Å². The second kappa shape index (κ2) is 2.92. The maximum Gasteiger partial charge on any atom is 0.167 e. The molecule has 0 unspecified atom stereocenters. The lowest BCUT2D eigenvalue weighted by atomic mass is 10.2. The summed E-state index contributed by atoms with van der Waals surface area (Å²) in [5, 5.41) is 8.38. The van der Waals surface area contributed by atoms with Crippen LogP contribution in [0.2, 0.25) is 0 Å². The van der Waals surface area contributed by atoms with E-state index in [2.05, 4.69) is 0 Å². The highest BCUT2D eigenvalue weighted by Gasteiger charge is 2.11. The minimum absolute atomic E-state index is 0.634. The zero-order valence-corrected chi connectivity index (χ0v) is 5.44. The number of rotatable bonds is 1. The Bertz CT molecular complexity index is 273. The lowest BCUT2D eigenvalue weighted by Gasteiger charge is -2.00. The van der Waals surface area contributed by atoms with Gasteiger partial charge in [-0.15, -0.1) is 0 Å². The van der Waals surface area contributed by atoms with Crippen LogP contribution in [0.25, 0.3) is 0 Å². The van der Waals surface area contributed by atoms with E-state index in [1.165, 1.54) is 0 Å². The Morgan fingerprint density at radius 3 is 2.09 bits per heavy atom. The van der Waals surface area contributed by atoms with E-state index in [1.54, 1.807) is 0 Å². The molecule has 0 radical (unpaired) electrons. The summed E-state index contributed by atoms with van der Waals surface area (Å²) in [6, 6.07) is 1.44. The van der Waals surface area contributed by atoms with Crippen molar-refractivity contribution in [1.29, 1.82) is 0 Å². The van der Waals surface area contributed by atoms with Crippen LogP contribution in [-0.4, -0.2) is 5.11 Å². The first-order valence-electron chi connectivity index (χ1n) is 2.90. The van der Waals surface area contributed by atoms with Crippen molar-refractivity contribution in [2.24, 2.45) is 0 Å². The summed E-state index contributed by atoms with van der Waals surface area (Å²) in [6.45, 7) is -0.838. The smallest absolute Gasteiger partial charge is 0.167 e. The fourth-order valence-electron chi connectivity index (χ4n) is 0.714. The number of aliphatic hydroxyl groups excluding tert-OH is 1. The standard InChI is InChI=1S/C7H5F3O/c8-5-1-2-6(9)7(10)4(5)3-11/h1-2,11H,3H2. The SMILES string of the molecule is OCc1c(F)ccc(F)c1F. The minimum Gasteiger partial charge on any atom is -0.391 e. The molecule has 0 heterocycles. The van der Waals surface area contributed by atoms with Gasteiger partial charge < -0.3 is 5.11 Å². The van der Waals surface area contributed by atoms with Crippen LogP contribution in [0.1, 0.15) is 5.56 Å². The van der Waals surface area contributed by atoms with E-state index in [0.717, 1.165) is 6.07 Å². The van der Waals surface area contributed by atoms with Crippen molar-refractivity contribution in [3.63, 3.8) is 0 Å². The van der Waals surface area contributed by atoms with Crippen molar-refractivity contribution in [1.82, 2.24) is 0 Å². The number of benzene rings is 1. The van der Waals surface area contributed by atoms with Crippen LogP contribution in [0, 0.1) is 17.5 Å². The molecule has 0 saturated heterocycles. The molecule has 4 heteroatoms. The second-order valence-corrected chi connectivity index (χ2v) is 1.98. The van der Waals surface area contributed by atoms with Gasteiger partial charge in [0.05, 0.1) is 12.2 Å². The Labute approximate surface area is 61.1 Å². The molecule has 1 aromatic carbocycles. The summed E-state index contributed by atoms with van der Waals surface area (Å²) in [6.07, 6.45) is 0. The molecule has 11 heavy (non-hydrogen) atoms. The molecular formula is C7H5F3O. The van der Waals surface area contributed by atoms with Crippen LogP contribution >= 0.6 is 0 Å². The van der Waals surface area contributed by atoms with Crippen molar-refractivity contribution >= 4 is 0 Å². The van der Waals surface area contributed by atoms with Gasteiger partial charge in [-0.1, -0.05) is 0 Å². The minimum atomic E-state index is -1.33. The van der Waals surface area contributed by atoms with Crippen LogP contribution < -0.4 is 0 Å². The molecule has 1 N–H and O–H groups in total. The van der Waals surface area contributed by atoms with Crippen molar-refractivity contribution in [3.8, 4) is 0 Å². The van der Waals surface area contributed by atoms with Gasteiger partial charge in [-0.25, -0.2) is 13.2 Å². The van der Waals surface area contributed by atoms with Crippen molar-refractivity contribution in [2.45, 2.75) is 6.61 Å². The molecule has 60 valence electrons. The van der Waals surface area contributed by atoms with Gasteiger partial charge in [0.1, 0.15) is 5.82 Å². The molecule has 0 fully saturated rings. The third-order valence-electron chi connectivity index (χ3n) is 1.30. The molecule has 0 aromatic heterocycles. The first-order chi connectivity index (χ1) is 5.16. The number of hydrogen-bond donors (Lipinski definition) is 1. The van der Waals surface area contributed by atoms with Crippen LogP contribution in [0.3, 0.4) is 0 Å². The summed E-state index contributed by atoms with van der Waals surface area (Å²) in [5.74, 6) is -3.42. The van der Waals surface area contributed by atoms with Crippen LogP contribution in [0.4, 0.5) is 13.2 Å². The van der Waals surface area contributed by atoms with Crippen LogP contribution in [-0.2, 0) is 6.61 Å². The molecule has 0 saturated carbocycles. The largest absolute Gasteiger partial charge is 0.391 e. The molecule has 0 spiro atoms. The Kier molecular flexibility index (Phi) is 2.14. The fraction of sp³-hybridized carbons (Fsp3) is 0.143. The first-order valence-corrected chi connectivity index (χ1v) is 2.90. The first kappa shape index (κ1) is 8.07. The zero-order chi connectivity index (χ0) is 8.43. The summed E-state index contributed by atoms with van der Waals surface area (Å²) in [5.41, 5.74) is -0.634. The Balaban J connectivity index is 3.29. The van der Waals surface area contributed by atoms with Gasteiger partial charge in [-0.3, -0.25) is 0 Å². The van der Waals surface area contributed by atoms with Gasteiger partial charge >= 0.3 is 0 Å². The van der Waals surface area contributed by atoms with Crippen LogP contribution in [0.5, 0.6) is 0 Å². The molecule has 0 atom stereocenters. The molecule has 0 amide bonds. The number of halogens is 3. The monoisotopic (exact) mass is 162 g/mol. The van der Waals surface area contributed by atoms with E-state index in [1.807, 2.05) is 0 Å². The van der Waals surface area contributed by atoms with Gasteiger partial charge in [0.25, 0.3) is 0 Å². The van der Waals surface area contributed by atoms with Crippen LogP contribution in [0.15, 0.2) is 12.1 Å². The zero-order valence-electron chi connectivity index (χ0n) is 5.44. The molecule has 0 aliphatic heterocycles. The van der Waals surface area contributed by atoms with Crippen molar-refractivity contribution in [2.75, 3.05) is 0 Å². The van der Waals surface area contributed by atoms with E-state index in [4.69, 9.17) is 5.11 Å². The van der Waals surface area contributed by atoms with Gasteiger partial charge in [0, 0.05) is 0 Å². The van der Waals surface area contributed by atoms with E-state index >= 15 is 0 Å². The van der Waals surface area contributed by atoms with Gasteiger partial charge in [0.2, 0.25) is 0 Å². The molecular weight excluding hydrogens is 157 g/mol. The fourth-order valence-corrected chi connectivity index (χ4v) is 0.714. The normalized spacial score (nSPS) is 10.2. The maximum absolute atomic E-state index is 12.5. The topological polar surface area (TPSA) is 20.2 Å². The van der Waals surface area contributed by atoms with Gasteiger partial charge in [-0.05, 0) is 12.1 Å². The highest BCUT2D eigenvalue weighted by Crippen LogP contribution is 2.14. The quantitative estimate of drug-likeness (QED) is 0.622. The predicted octanol–water partition coefficient (Wildman–Crippen LogP) is 1.60. The molecule has 1 rings (SSSR count). The number of aliphatic hydroxyl groups is 1. The molecule has 0 aliphatic rings. The Hall–Kier alpha value is -1.03. The summed E-state index contributed by atoms with van der Waals surface area (Å²) in [7, 11) is 0. The highest BCUT2D eigenvalue weighted by molar-refractivity contribution is 5.20. The highest BCUT2D eigenvalue weighted by atomic mass is 19.2. The average molecular weight is 162 g/mol. The molecule has 1 aromatic rings. The van der Waals surface area contributed by atoms with Gasteiger partial charge in [0.15, 0.2) is 11.6 Å². The summed E-state index contributed by atoms with van der Waals surface area (Å²) >= 11 is 0. The Morgan fingerprint density at radius 1 is 1.09 bits per heavy atom. The average Bonchev–Trinajstić information content (AvgIpc) is 1.99. The lowest BCUT2D eigenvalue weighted by molar-refractivity contribution is 0.266. The molecule has 1 nitrogen and oxygen atoms in total.